The Morgan fingerprint density at radius 1 is 0.415 bits per heavy atom. The molecule has 0 bridgehead atoms. The molecule has 118 heavy (non-hydrogen) atoms. The third-order valence-corrected chi connectivity index (χ3v) is 28.8. The smallest absolute Gasteiger partial charge is 0.451 e. The van der Waals surface area contributed by atoms with Crippen LogP contribution in [0, 0.1) is 29.6 Å². The molecule has 5 saturated heterocycles. The van der Waals surface area contributed by atoms with Crippen LogP contribution < -0.4 is 80.9 Å². The van der Waals surface area contributed by atoms with E-state index in [0.717, 1.165) is 21.5 Å². The van der Waals surface area contributed by atoms with Crippen LogP contribution in [0.25, 0.3) is 0 Å². The van der Waals surface area contributed by atoms with Gasteiger partial charge in [-0.15, -0.1) is 0 Å². The molecule has 0 aromatic heterocycles. The summed E-state index contributed by atoms with van der Waals surface area (Å²) in [6.45, 7) is 8.05. The second kappa shape index (κ2) is 45.9. The molecule has 5 heterocycles. The molecule has 0 radical (unpaired) electrons. The summed E-state index contributed by atoms with van der Waals surface area (Å²) in [5.74, 6) is -9.50. The maximum atomic E-state index is 12.5. The van der Waals surface area contributed by atoms with Gasteiger partial charge in [0, 0.05) is 156 Å². The molecule has 0 aromatic carbocycles. The van der Waals surface area contributed by atoms with E-state index in [9.17, 15) is 91.6 Å². The van der Waals surface area contributed by atoms with Crippen molar-refractivity contribution in [2.24, 2.45) is 86.9 Å². The van der Waals surface area contributed by atoms with Gasteiger partial charge in [-0.2, -0.15) is 73.1 Å². The van der Waals surface area contributed by atoms with Crippen molar-refractivity contribution in [3.8, 4) is 0 Å². The summed E-state index contributed by atoms with van der Waals surface area (Å²) in [6, 6.07) is -1.00. The van der Waals surface area contributed by atoms with Crippen LogP contribution >= 0.6 is 0 Å². The number of nitrogens with one attached hydrogen (secondary N) is 5. The highest BCUT2D eigenvalue weighted by atomic mass is 32.2. The number of hydrogen-bond donors (Lipinski definition) is 30. The SMILES string of the molecule is CC(C)(CN)NS(=O)(=O)N1C[C@H](CCCB(O)O)[C@](N)(C(=O)O)C1.CC(C)(N)CNS(=O)(=O)N1C[C@H](CCCB(O)O)[C@](N)(C(=O)O)C1.C[C@@H](N)CNS(=O)(=O)N1C[C@@H](CCCB(O)O)[C@](N)(C(=O)O)C1.C[C@H](N)CNS(=O)(=O)N1C[C@@H](CCCB(O)O)[C@](N)(C(=O)O)C1.NC1CC(NS(=O)(=O)N2C[C@H](CCCB(O)O)[C@](N)(C(=O)O)C2)C1. The first-order chi connectivity index (χ1) is 53.6. The summed E-state index contributed by atoms with van der Waals surface area (Å²) in [6.07, 6.45) is 4.50. The van der Waals surface area contributed by atoms with Crippen molar-refractivity contribution in [3.05, 3.63) is 0 Å². The predicted octanol–water partition coefficient (Wildman–Crippen LogP) is -13.4. The fourth-order valence-corrected chi connectivity index (χ4v) is 21.1. The minimum absolute atomic E-state index is 0.00214. The van der Waals surface area contributed by atoms with Crippen molar-refractivity contribution in [1.82, 2.24) is 45.1 Å². The summed E-state index contributed by atoms with van der Waals surface area (Å²) in [7, 11) is -26.9. The topological polar surface area (TPSA) is 896 Å². The molecule has 6 fully saturated rings. The lowest BCUT2D eigenvalue weighted by Gasteiger charge is -2.34. The van der Waals surface area contributed by atoms with Crippen LogP contribution in [0.15, 0.2) is 0 Å². The average molecular weight is 1800 g/mol. The van der Waals surface area contributed by atoms with E-state index in [4.69, 9.17) is 108 Å². The molecular weight excluding hydrogens is 1670 g/mol. The maximum absolute atomic E-state index is 12.5. The van der Waals surface area contributed by atoms with E-state index in [2.05, 4.69) is 23.6 Å². The van der Waals surface area contributed by atoms with Crippen molar-refractivity contribution in [3.63, 3.8) is 0 Å². The van der Waals surface area contributed by atoms with E-state index in [1.165, 1.54) is 0 Å². The van der Waals surface area contributed by atoms with E-state index in [0.29, 0.717) is 51.4 Å². The molecule has 0 unspecified atom stereocenters. The standard InChI is InChI=1S/C12H25BN4O6S.2C12H27BN4O6S.2C11H25BN4O6S/c14-9-4-10(5-9)16-24(22,23)17-6-8(2-1-3-13(20)21)12(15,7-17)11(18)19;1-11(2,14)7-16-24(22,23)17-6-9(4-3-5-13(20)21)12(15,8-17)10(18)19;1-11(2,7-14)16-24(22,23)17-6-9(4-3-5-13(20)21)12(15,8-17)10(18)19;2*1-8(13)5-15-23(21,22)16-6-9(3-2-4-12(19)20)11(14,7-16)10(17)18/h8-10,16,20-21H,1-7,14-15H2,(H,18,19);2*9,16,20-21H,3-8,14-15H2,1-2H3,(H,18,19);2*8-9,15,19-20H,2-7,13-14H2,1H3,(H,17,18)/t8-,9?,10?,12-;2*9-,12-;8-,9+,11-;8-,9-,11+/m00001/s1. The van der Waals surface area contributed by atoms with Crippen molar-refractivity contribution >= 4 is 116 Å². The van der Waals surface area contributed by atoms with Crippen LogP contribution in [0.3, 0.4) is 0 Å². The Balaban J connectivity index is 0.000000500. The number of nitrogens with zero attached hydrogens (tertiary/aromatic N) is 5. The molecule has 686 valence electrons. The Kier molecular flexibility index (Phi) is 42.9. The summed E-state index contributed by atoms with van der Waals surface area (Å²) >= 11 is 0. The zero-order valence-corrected chi connectivity index (χ0v) is 71.5. The molecular formula is C58H129B5N20O30S5. The summed E-state index contributed by atoms with van der Waals surface area (Å²) in [4.78, 5) is 57.6. The van der Waals surface area contributed by atoms with Crippen LogP contribution in [-0.4, -0.2) is 359 Å². The molecule has 0 amide bonds. The summed E-state index contributed by atoms with van der Waals surface area (Å²) < 4.78 is 140. The third-order valence-electron chi connectivity index (χ3n) is 21.0. The average Bonchev–Trinajstić information content (AvgIpc) is 1.66. The third kappa shape index (κ3) is 33.9. The lowest BCUT2D eigenvalue weighted by molar-refractivity contribution is -0.145. The highest BCUT2D eigenvalue weighted by molar-refractivity contribution is 7.88. The zero-order chi connectivity index (χ0) is 91.3. The zero-order valence-electron chi connectivity index (χ0n) is 67.4. The van der Waals surface area contributed by atoms with Crippen molar-refractivity contribution < 1.29 is 142 Å². The highest BCUT2D eigenvalue weighted by Crippen LogP contribution is 2.37. The van der Waals surface area contributed by atoms with Gasteiger partial charge in [0.25, 0.3) is 51.0 Å². The molecule has 50 nitrogen and oxygen atoms in total. The number of nitrogens with two attached hydrogens (primary N) is 10. The number of rotatable bonds is 44. The molecule has 5 aliphatic heterocycles. The number of carboxylic acids is 5. The first-order valence-corrected chi connectivity index (χ1v) is 45.3. The van der Waals surface area contributed by atoms with Gasteiger partial charge in [0.1, 0.15) is 27.7 Å². The van der Waals surface area contributed by atoms with Crippen LogP contribution in [-0.2, 0) is 75.0 Å². The first-order valence-electron chi connectivity index (χ1n) is 38.1. The summed E-state index contributed by atoms with van der Waals surface area (Å²) in [5.41, 5.74) is 47.5. The van der Waals surface area contributed by atoms with Crippen molar-refractivity contribution in [2.75, 3.05) is 91.6 Å². The number of aliphatic carboxylic acids is 5. The van der Waals surface area contributed by atoms with Crippen LogP contribution in [0.2, 0.25) is 31.6 Å². The monoisotopic (exact) mass is 1800 g/mol. The molecule has 6 aliphatic rings. The van der Waals surface area contributed by atoms with E-state index in [-0.39, 0.29) is 173 Å². The van der Waals surface area contributed by atoms with Crippen LogP contribution in [0.5, 0.6) is 0 Å². The largest absolute Gasteiger partial charge is 0.480 e. The van der Waals surface area contributed by atoms with Gasteiger partial charge in [-0.25, -0.2) is 14.2 Å². The van der Waals surface area contributed by atoms with Gasteiger partial charge in [0.15, 0.2) is 0 Å². The molecule has 1 aliphatic carbocycles. The van der Waals surface area contributed by atoms with E-state index in [1.54, 1.807) is 41.5 Å². The second-order valence-electron chi connectivity index (χ2n) is 33.0. The Labute approximate surface area is 691 Å². The Morgan fingerprint density at radius 2 is 0.636 bits per heavy atom. The van der Waals surface area contributed by atoms with Crippen LogP contribution in [0.1, 0.15) is 119 Å². The second-order valence-corrected chi connectivity index (χ2v) is 41.6. The highest BCUT2D eigenvalue weighted by Gasteiger charge is 2.58. The normalized spacial score (nSPS) is 28.0. The first kappa shape index (κ1) is 110. The van der Waals surface area contributed by atoms with E-state index < -0.39 is 185 Å². The van der Waals surface area contributed by atoms with Gasteiger partial charge in [-0.1, -0.05) is 32.1 Å². The van der Waals surface area contributed by atoms with E-state index in [1.807, 2.05) is 0 Å². The van der Waals surface area contributed by atoms with E-state index >= 15 is 0 Å². The Hall–Kier alpha value is -3.78. The van der Waals surface area contributed by atoms with Crippen molar-refractivity contribution in [1.29, 1.82) is 0 Å². The maximum Gasteiger partial charge on any atom is 0.451 e. The van der Waals surface area contributed by atoms with Gasteiger partial charge in [-0.3, -0.25) is 24.0 Å². The van der Waals surface area contributed by atoms with Gasteiger partial charge in [0.05, 0.1) is 0 Å². The molecule has 60 heteroatoms. The molecule has 12 atom stereocenters. The molecule has 6 rings (SSSR count). The molecule has 1 saturated carbocycles. The minimum Gasteiger partial charge on any atom is -0.480 e. The summed E-state index contributed by atoms with van der Waals surface area (Å²) in [5, 5.41) is 136. The molecule has 0 spiro atoms. The number of hydrogen-bond acceptors (Lipinski definition) is 35. The minimum atomic E-state index is -3.95. The van der Waals surface area contributed by atoms with Crippen LogP contribution in [0.4, 0.5) is 0 Å². The fraction of sp³-hybridized carbons (Fsp3) is 0.914. The van der Waals surface area contributed by atoms with Gasteiger partial charge in [-0.05, 0) is 118 Å². The van der Waals surface area contributed by atoms with Gasteiger partial charge >= 0.3 is 65.4 Å². The Bertz CT molecular complexity index is 3740. The molecule has 0 aromatic rings. The Morgan fingerprint density at radius 3 is 0.831 bits per heavy atom. The van der Waals surface area contributed by atoms with Crippen molar-refractivity contribution in [2.45, 2.75) is 213 Å². The van der Waals surface area contributed by atoms with Gasteiger partial charge in [0.2, 0.25) is 0 Å². The number of carbonyl (C=O) groups is 5. The van der Waals surface area contributed by atoms with Gasteiger partial charge < -0.3 is 133 Å². The molecule has 40 N–H and O–H groups in total. The quantitative estimate of drug-likeness (QED) is 0.0252. The lowest BCUT2D eigenvalue weighted by atomic mass is 9.78. The number of carboxylic acid groups (broad SMARTS) is 5. The lowest BCUT2D eigenvalue weighted by Crippen LogP contribution is -2.57. The predicted molar refractivity (Wildman–Crippen MR) is 434 cm³/mol. The fourth-order valence-electron chi connectivity index (χ4n) is 13.6.